The number of nitrogens with zero attached hydrogens (tertiary/aromatic N) is 2. The predicted octanol–water partition coefficient (Wildman–Crippen LogP) is 4.26. The molecule has 0 saturated heterocycles. The van der Waals surface area contributed by atoms with Gasteiger partial charge in [-0.15, -0.1) is 6.58 Å². The van der Waals surface area contributed by atoms with Crippen molar-refractivity contribution < 1.29 is 16.8 Å². The van der Waals surface area contributed by atoms with Crippen molar-refractivity contribution in [2.75, 3.05) is 15.2 Å². The molecular weight excluding hydrogens is 444 g/mol. The van der Waals surface area contributed by atoms with Crippen LogP contribution in [-0.2, 0) is 20.0 Å². The van der Waals surface area contributed by atoms with Gasteiger partial charge in [-0.25, -0.2) is 16.8 Å². The van der Waals surface area contributed by atoms with Crippen LogP contribution in [0.3, 0.4) is 0 Å². The van der Waals surface area contributed by atoms with Gasteiger partial charge < -0.3 is 0 Å². The molecule has 0 fully saturated rings. The molecule has 1 aliphatic rings. The molecule has 0 spiro atoms. The summed E-state index contributed by atoms with van der Waals surface area (Å²) in [4.78, 5) is 0.287. The van der Waals surface area contributed by atoms with E-state index in [1.165, 1.54) is 14.7 Å². The standard InChI is InChI=1S/C24H24N2O4S2/c1-4-20-17-25(31(27,28)21-13-9-18(2)10-14-21)23-7-5-6-8-24(23)26(20)32(29,30)22-15-11-19(3)12-16-22/h4-16,20H,1,17H2,2-3H3/t20-/m1/s1. The first-order valence-corrected chi connectivity index (χ1v) is 13.0. The third-order valence-corrected chi connectivity index (χ3v) is 9.15. The van der Waals surface area contributed by atoms with Crippen molar-refractivity contribution in [2.24, 2.45) is 0 Å². The van der Waals surface area contributed by atoms with Gasteiger partial charge in [-0.1, -0.05) is 53.6 Å². The zero-order valence-corrected chi connectivity index (χ0v) is 19.5. The lowest BCUT2D eigenvalue weighted by atomic mass is 10.1. The normalized spacial score (nSPS) is 16.5. The number of hydrogen-bond acceptors (Lipinski definition) is 4. The second-order valence-corrected chi connectivity index (χ2v) is 11.4. The summed E-state index contributed by atoms with van der Waals surface area (Å²) in [5.74, 6) is 0. The Kier molecular flexibility index (Phi) is 5.60. The molecule has 6 nitrogen and oxygen atoms in total. The van der Waals surface area contributed by atoms with Gasteiger partial charge in [0.15, 0.2) is 0 Å². The maximum absolute atomic E-state index is 13.6. The molecule has 1 heterocycles. The molecule has 1 aliphatic heterocycles. The van der Waals surface area contributed by atoms with Gasteiger partial charge in [0.2, 0.25) is 0 Å². The molecule has 0 amide bonds. The quantitative estimate of drug-likeness (QED) is 0.525. The maximum atomic E-state index is 13.6. The van der Waals surface area contributed by atoms with Gasteiger partial charge in [-0.05, 0) is 50.2 Å². The third-order valence-electron chi connectivity index (χ3n) is 5.50. The lowest BCUT2D eigenvalue weighted by molar-refractivity contribution is 0.573. The lowest BCUT2D eigenvalue weighted by Crippen LogP contribution is -2.52. The molecule has 0 unspecified atom stereocenters. The number of anilines is 2. The largest absolute Gasteiger partial charge is 0.264 e. The van der Waals surface area contributed by atoms with Gasteiger partial charge in [0, 0.05) is 0 Å². The number of rotatable bonds is 5. The van der Waals surface area contributed by atoms with Crippen LogP contribution in [-0.4, -0.2) is 29.4 Å². The Balaban J connectivity index is 1.87. The average molecular weight is 469 g/mol. The van der Waals surface area contributed by atoms with E-state index in [9.17, 15) is 16.8 Å². The van der Waals surface area contributed by atoms with Gasteiger partial charge in [0.1, 0.15) is 0 Å². The van der Waals surface area contributed by atoms with Crippen LogP contribution in [0.5, 0.6) is 0 Å². The minimum absolute atomic E-state index is 0.0815. The molecule has 0 N–H and O–H groups in total. The molecule has 0 saturated carbocycles. The summed E-state index contributed by atoms with van der Waals surface area (Å²) in [7, 11) is -7.86. The van der Waals surface area contributed by atoms with Crippen LogP contribution in [0.1, 0.15) is 11.1 Å². The molecule has 4 rings (SSSR count). The highest BCUT2D eigenvalue weighted by Gasteiger charge is 2.41. The van der Waals surface area contributed by atoms with Gasteiger partial charge in [0.05, 0.1) is 33.8 Å². The second-order valence-electron chi connectivity index (χ2n) is 7.75. The Morgan fingerprint density at radius 1 is 0.750 bits per heavy atom. The van der Waals surface area contributed by atoms with Gasteiger partial charge in [-0.2, -0.15) is 0 Å². The Bertz CT molecular complexity index is 1360. The summed E-state index contributed by atoms with van der Waals surface area (Å²) in [6.45, 7) is 7.49. The van der Waals surface area contributed by atoms with Gasteiger partial charge in [0.25, 0.3) is 20.0 Å². The lowest BCUT2D eigenvalue weighted by Gasteiger charge is -2.41. The van der Waals surface area contributed by atoms with E-state index in [2.05, 4.69) is 6.58 Å². The van der Waals surface area contributed by atoms with Crippen molar-refractivity contribution in [3.8, 4) is 0 Å². The van der Waals surface area contributed by atoms with Crippen LogP contribution < -0.4 is 8.61 Å². The van der Waals surface area contributed by atoms with Crippen LogP contribution in [0.15, 0.2) is 95.2 Å². The van der Waals surface area contributed by atoms with Gasteiger partial charge in [-0.3, -0.25) is 8.61 Å². The topological polar surface area (TPSA) is 74.8 Å². The van der Waals surface area contributed by atoms with Crippen molar-refractivity contribution >= 4 is 31.4 Å². The molecule has 1 atom stereocenters. The molecule has 0 bridgehead atoms. The fraction of sp³-hybridized carbons (Fsp3) is 0.167. The van der Waals surface area contributed by atoms with Crippen LogP contribution in [0.25, 0.3) is 0 Å². The zero-order valence-electron chi connectivity index (χ0n) is 17.8. The van der Waals surface area contributed by atoms with Crippen molar-refractivity contribution in [3.05, 3.63) is 96.6 Å². The number of aryl methyl sites for hydroxylation is 2. The first-order chi connectivity index (χ1) is 15.2. The number of fused-ring (bicyclic) bond motifs is 1. The van der Waals surface area contributed by atoms with E-state index in [-0.39, 0.29) is 16.3 Å². The fourth-order valence-electron chi connectivity index (χ4n) is 3.75. The van der Waals surface area contributed by atoms with Crippen molar-refractivity contribution in [3.63, 3.8) is 0 Å². The average Bonchev–Trinajstić information content (AvgIpc) is 2.78. The summed E-state index contributed by atoms with van der Waals surface area (Å²) in [6, 6.07) is 19.0. The number of sulfonamides is 2. The highest BCUT2D eigenvalue weighted by Crippen LogP contribution is 2.41. The highest BCUT2D eigenvalue weighted by atomic mass is 32.2. The van der Waals surface area contributed by atoms with Crippen molar-refractivity contribution in [1.82, 2.24) is 0 Å². The summed E-state index contributed by atoms with van der Waals surface area (Å²) < 4.78 is 56.8. The Labute approximate surface area is 189 Å². The molecule has 0 aliphatic carbocycles. The molecule has 0 radical (unpaired) electrons. The van der Waals surface area contributed by atoms with Crippen LogP contribution >= 0.6 is 0 Å². The number of benzene rings is 3. The number of hydrogen-bond donors (Lipinski definition) is 0. The summed E-state index contributed by atoms with van der Waals surface area (Å²) in [6.07, 6.45) is 1.47. The molecule has 166 valence electrons. The van der Waals surface area contributed by atoms with Crippen LogP contribution in [0, 0.1) is 13.8 Å². The van der Waals surface area contributed by atoms with Crippen LogP contribution in [0.2, 0.25) is 0 Å². The monoisotopic (exact) mass is 468 g/mol. The van der Waals surface area contributed by atoms with E-state index < -0.39 is 26.1 Å². The smallest absolute Gasteiger partial charge is 0.262 e. The van der Waals surface area contributed by atoms with E-state index in [0.717, 1.165) is 11.1 Å². The Morgan fingerprint density at radius 2 is 1.22 bits per heavy atom. The van der Waals surface area contributed by atoms with Gasteiger partial charge >= 0.3 is 0 Å². The van der Waals surface area contributed by atoms with Crippen LogP contribution in [0.4, 0.5) is 11.4 Å². The summed E-state index contributed by atoms with van der Waals surface area (Å²) in [5, 5.41) is 0. The zero-order chi connectivity index (χ0) is 23.1. The molecule has 8 heteroatoms. The first-order valence-electron chi connectivity index (χ1n) is 10.1. The predicted molar refractivity (Wildman–Crippen MR) is 127 cm³/mol. The molecular formula is C24H24N2O4S2. The summed E-state index contributed by atoms with van der Waals surface area (Å²) >= 11 is 0. The minimum atomic E-state index is -3.95. The third kappa shape index (κ3) is 3.69. The molecule has 0 aromatic heterocycles. The Hall–Kier alpha value is -3.10. The maximum Gasteiger partial charge on any atom is 0.264 e. The second kappa shape index (κ2) is 8.11. The van der Waals surface area contributed by atoms with E-state index in [1.807, 2.05) is 13.8 Å². The number of para-hydroxylation sites is 2. The van der Waals surface area contributed by atoms with Crippen molar-refractivity contribution in [1.29, 1.82) is 0 Å². The fourth-order valence-corrected chi connectivity index (χ4v) is 6.88. The molecule has 3 aromatic rings. The minimum Gasteiger partial charge on any atom is -0.262 e. The summed E-state index contributed by atoms with van der Waals surface area (Å²) in [5.41, 5.74) is 2.49. The highest BCUT2D eigenvalue weighted by molar-refractivity contribution is 7.93. The first kappa shape index (κ1) is 22.1. The van der Waals surface area contributed by atoms with Crippen molar-refractivity contribution in [2.45, 2.75) is 29.7 Å². The van der Waals surface area contributed by atoms with E-state index >= 15 is 0 Å². The molecule has 3 aromatic carbocycles. The Morgan fingerprint density at radius 3 is 1.72 bits per heavy atom. The van der Waals surface area contributed by atoms with E-state index in [1.54, 1.807) is 72.8 Å². The van der Waals surface area contributed by atoms with E-state index in [4.69, 9.17) is 0 Å². The van der Waals surface area contributed by atoms with E-state index in [0.29, 0.717) is 11.4 Å². The molecule has 32 heavy (non-hydrogen) atoms. The SMILES string of the molecule is C=C[C@@H]1CN(S(=O)(=O)c2ccc(C)cc2)c2ccccc2N1S(=O)(=O)c1ccc(C)cc1.